The van der Waals surface area contributed by atoms with Crippen LogP contribution in [0.2, 0.25) is 0 Å². The first kappa shape index (κ1) is 18.0. The first-order valence-electron chi connectivity index (χ1n) is 7.49. The Morgan fingerprint density at radius 2 is 2.05 bits per heavy atom. The zero-order chi connectivity index (χ0) is 15.8. The van der Waals surface area contributed by atoms with Crippen LogP contribution in [-0.4, -0.2) is 36.5 Å². The molecule has 1 unspecified atom stereocenters. The van der Waals surface area contributed by atoms with Gasteiger partial charge >= 0.3 is 0 Å². The molecule has 1 rings (SSSR count). The molecule has 0 saturated heterocycles. The van der Waals surface area contributed by atoms with E-state index in [0.717, 1.165) is 32.5 Å². The van der Waals surface area contributed by atoms with Crippen molar-refractivity contribution in [1.82, 2.24) is 10.2 Å². The third-order valence-corrected chi connectivity index (χ3v) is 3.93. The van der Waals surface area contributed by atoms with E-state index in [1.807, 2.05) is 6.92 Å². The highest BCUT2D eigenvalue weighted by Gasteiger charge is 2.11. The van der Waals surface area contributed by atoms with Gasteiger partial charge in [0.2, 0.25) is 0 Å². The SMILES string of the molecule is CCN(CC)CCCC(C)NC(=O)c1ccc(F)c(S)c1. The summed E-state index contributed by atoms with van der Waals surface area (Å²) in [4.78, 5) is 14.6. The molecule has 0 aliphatic carbocycles. The van der Waals surface area contributed by atoms with Gasteiger partial charge in [0, 0.05) is 16.5 Å². The number of carbonyl (C=O) groups excluding carboxylic acids is 1. The minimum Gasteiger partial charge on any atom is -0.350 e. The van der Waals surface area contributed by atoms with Crippen LogP contribution in [0.1, 0.15) is 44.0 Å². The highest BCUT2D eigenvalue weighted by Crippen LogP contribution is 2.14. The zero-order valence-corrected chi connectivity index (χ0v) is 13.9. The Morgan fingerprint density at radius 3 is 2.62 bits per heavy atom. The minimum absolute atomic E-state index is 0.0986. The van der Waals surface area contributed by atoms with Crippen molar-refractivity contribution < 1.29 is 9.18 Å². The fraction of sp³-hybridized carbons (Fsp3) is 0.562. The second-order valence-corrected chi connectivity index (χ2v) is 5.69. The molecule has 0 spiro atoms. The number of benzene rings is 1. The van der Waals surface area contributed by atoms with Gasteiger partial charge in [-0.2, -0.15) is 0 Å². The molecule has 1 amide bonds. The lowest BCUT2D eigenvalue weighted by Crippen LogP contribution is -2.33. The number of hydrogen-bond acceptors (Lipinski definition) is 3. The van der Waals surface area contributed by atoms with Crippen molar-refractivity contribution in [2.24, 2.45) is 0 Å². The van der Waals surface area contributed by atoms with E-state index < -0.39 is 5.82 Å². The smallest absolute Gasteiger partial charge is 0.251 e. The van der Waals surface area contributed by atoms with Crippen molar-refractivity contribution in [2.75, 3.05) is 19.6 Å². The number of nitrogens with one attached hydrogen (secondary N) is 1. The predicted octanol–water partition coefficient (Wildman–Crippen LogP) is 3.35. The number of nitrogens with zero attached hydrogens (tertiary/aromatic N) is 1. The maximum atomic E-state index is 13.1. The highest BCUT2D eigenvalue weighted by atomic mass is 32.1. The molecule has 0 aromatic heterocycles. The molecule has 1 aromatic rings. The van der Waals surface area contributed by atoms with Gasteiger partial charge in [-0.3, -0.25) is 4.79 Å². The van der Waals surface area contributed by atoms with Gasteiger partial charge in [-0.25, -0.2) is 4.39 Å². The third kappa shape index (κ3) is 6.06. The first-order chi connectivity index (χ1) is 9.97. The molecule has 0 radical (unpaired) electrons. The van der Waals surface area contributed by atoms with Gasteiger partial charge in [0.1, 0.15) is 5.82 Å². The predicted molar refractivity (Wildman–Crippen MR) is 87.6 cm³/mol. The number of hydrogen-bond donors (Lipinski definition) is 2. The number of rotatable bonds is 8. The van der Waals surface area contributed by atoms with Gasteiger partial charge in [0.15, 0.2) is 0 Å². The van der Waals surface area contributed by atoms with E-state index in [1.165, 1.54) is 18.2 Å². The number of halogens is 1. The van der Waals surface area contributed by atoms with Crippen molar-refractivity contribution in [2.45, 2.75) is 44.6 Å². The highest BCUT2D eigenvalue weighted by molar-refractivity contribution is 7.80. The van der Waals surface area contributed by atoms with Crippen molar-refractivity contribution in [3.63, 3.8) is 0 Å². The summed E-state index contributed by atoms with van der Waals surface area (Å²) in [6, 6.07) is 4.30. The first-order valence-corrected chi connectivity index (χ1v) is 7.94. The average molecular weight is 312 g/mol. The molecular formula is C16H25FN2OS. The van der Waals surface area contributed by atoms with E-state index in [9.17, 15) is 9.18 Å². The summed E-state index contributed by atoms with van der Waals surface area (Å²) in [5.41, 5.74) is 0.442. The monoisotopic (exact) mass is 312 g/mol. The summed E-state index contributed by atoms with van der Waals surface area (Å²) in [6.07, 6.45) is 1.97. The second-order valence-electron chi connectivity index (χ2n) is 5.21. The Kier molecular flexibility index (Phi) is 7.75. The van der Waals surface area contributed by atoms with Crippen LogP contribution in [0, 0.1) is 5.82 Å². The van der Waals surface area contributed by atoms with Gasteiger partial charge in [-0.05, 0) is 57.6 Å². The standard InChI is InChI=1S/C16H25FN2OS/c1-4-19(5-2)10-6-7-12(3)18-16(20)13-8-9-14(17)15(21)11-13/h8-9,11-12,21H,4-7,10H2,1-3H3,(H,18,20). The van der Waals surface area contributed by atoms with Gasteiger partial charge in [0.25, 0.3) is 5.91 Å². The van der Waals surface area contributed by atoms with E-state index in [0.29, 0.717) is 5.56 Å². The molecule has 0 bridgehead atoms. The number of carbonyl (C=O) groups is 1. The normalized spacial score (nSPS) is 12.5. The van der Waals surface area contributed by atoms with Crippen LogP contribution in [0.25, 0.3) is 0 Å². The van der Waals surface area contributed by atoms with E-state index in [1.54, 1.807) is 0 Å². The van der Waals surface area contributed by atoms with E-state index >= 15 is 0 Å². The maximum Gasteiger partial charge on any atom is 0.251 e. The largest absolute Gasteiger partial charge is 0.350 e. The van der Waals surface area contributed by atoms with Crippen LogP contribution in [0.4, 0.5) is 4.39 Å². The Bertz CT molecular complexity index is 464. The molecule has 0 fully saturated rings. The zero-order valence-electron chi connectivity index (χ0n) is 13.0. The van der Waals surface area contributed by atoms with Crippen LogP contribution >= 0.6 is 12.6 Å². The molecule has 1 atom stereocenters. The summed E-state index contributed by atoms with van der Waals surface area (Å²) in [6.45, 7) is 9.45. The van der Waals surface area contributed by atoms with Crippen molar-refractivity contribution >= 4 is 18.5 Å². The second kappa shape index (κ2) is 9.05. The van der Waals surface area contributed by atoms with E-state index in [4.69, 9.17) is 0 Å². The van der Waals surface area contributed by atoms with Crippen LogP contribution < -0.4 is 5.32 Å². The Labute approximate surface area is 132 Å². The number of amides is 1. The fourth-order valence-corrected chi connectivity index (χ4v) is 2.41. The molecule has 118 valence electrons. The summed E-state index contributed by atoms with van der Waals surface area (Å²) in [7, 11) is 0. The molecular weight excluding hydrogens is 287 g/mol. The Morgan fingerprint density at radius 1 is 1.38 bits per heavy atom. The summed E-state index contributed by atoms with van der Waals surface area (Å²) in [5.74, 6) is -0.595. The Balaban J connectivity index is 2.41. The topological polar surface area (TPSA) is 32.3 Å². The third-order valence-electron chi connectivity index (χ3n) is 3.59. The van der Waals surface area contributed by atoms with Crippen LogP contribution in [0.15, 0.2) is 23.1 Å². The fourth-order valence-electron chi connectivity index (χ4n) is 2.19. The maximum absolute atomic E-state index is 13.1. The quantitative estimate of drug-likeness (QED) is 0.722. The van der Waals surface area contributed by atoms with Crippen LogP contribution in [0.3, 0.4) is 0 Å². The molecule has 0 saturated carbocycles. The lowest BCUT2D eigenvalue weighted by molar-refractivity contribution is 0.0937. The van der Waals surface area contributed by atoms with Gasteiger partial charge in [-0.15, -0.1) is 12.6 Å². The average Bonchev–Trinajstić information content (AvgIpc) is 2.46. The molecule has 0 heterocycles. The molecule has 21 heavy (non-hydrogen) atoms. The van der Waals surface area contributed by atoms with Crippen LogP contribution in [-0.2, 0) is 0 Å². The molecule has 1 N–H and O–H groups in total. The molecule has 3 nitrogen and oxygen atoms in total. The summed E-state index contributed by atoms with van der Waals surface area (Å²) < 4.78 is 13.1. The molecule has 0 aliphatic heterocycles. The summed E-state index contributed by atoms with van der Waals surface area (Å²) in [5, 5.41) is 2.94. The van der Waals surface area contributed by atoms with Crippen molar-refractivity contribution in [1.29, 1.82) is 0 Å². The minimum atomic E-state index is -0.415. The lowest BCUT2D eigenvalue weighted by Gasteiger charge is -2.19. The van der Waals surface area contributed by atoms with Crippen molar-refractivity contribution in [3.8, 4) is 0 Å². The van der Waals surface area contributed by atoms with Crippen LogP contribution in [0.5, 0.6) is 0 Å². The summed E-state index contributed by atoms with van der Waals surface area (Å²) >= 11 is 3.99. The van der Waals surface area contributed by atoms with Gasteiger partial charge in [-0.1, -0.05) is 13.8 Å². The van der Waals surface area contributed by atoms with Crippen molar-refractivity contribution in [3.05, 3.63) is 29.6 Å². The molecule has 1 aromatic carbocycles. The molecule has 0 aliphatic rings. The van der Waals surface area contributed by atoms with Gasteiger partial charge in [0.05, 0.1) is 0 Å². The lowest BCUT2D eigenvalue weighted by atomic mass is 10.1. The molecule has 5 heteroatoms. The van der Waals surface area contributed by atoms with Gasteiger partial charge < -0.3 is 10.2 Å². The number of thiol groups is 1. The van der Waals surface area contributed by atoms with E-state index in [2.05, 4.69) is 36.7 Å². The Hall–Kier alpha value is -1.07. The van der Waals surface area contributed by atoms with E-state index in [-0.39, 0.29) is 16.8 Å².